The van der Waals surface area contributed by atoms with Gasteiger partial charge in [0.05, 0.1) is 6.61 Å². The lowest BCUT2D eigenvalue weighted by atomic mass is 10.00. The summed E-state index contributed by atoms with van der Waals surface area (Å²) in [6.45, 7) is 2.10. The number of hydrogen-bond acceptors (Lipinski definition) is 5. The molecule has 1 rings (SSSR count). The summed E-state index contributed by atoms with van der Waals surface area (Å²) >= 11 is 0. The molecule has 5 nitrogen and oxygen atoms in total. The van der Waals surface area contributed by atoms with Gasteiger partial charge in [-0.1, -0.05) is 0 Å². The summed E-state index contributed by atoms with van der Waals surface area (Å²) in [6, 6.07) is 0. The predicted molar refractivity (Wildman–Crippen MR) is 53.4 cm³/mol. The van der Waals surface area contributed by atoms with Gasteiger partial charge in [0.2, 0.25) is 0 Å². The van der Waals surface area contributed by atoms with Crippen molar-refractivity contribution < 1.29 is 23.7 Å². The van der Waals surface area contributed by atoms with Crippen LogP contribution in [0, 0.1) is 6.61 Å². The van der Waals surface area contributed by atoms with Gasteiger partial charge in [-0.25, -0.2) is 0 Å². The number of rotatable bonds is 5. The zero-order chi connectivity index (χ0) is 11.3. The smallest absolute Gasteiger partial charge is 0.261 e. The molecule has 1 aliphatic heterocycles. The third kappa shape index (κ3) is 2.83. The lowest BCUT2D eigenvalue weighted by Crippen LogP contribution is -2.54. The van der Waals surface area contributed by atoms with Crippen molar-refractivity contribution in [1.82, 2.24) is 0 Å². The topological polar surface area (TPSA) is 46.2 Å². The zero-order valence-corrected chi connectivity index (χ0v) is 9.64. The van der Waals surface area contributed by atoms with Crippen molar-refractivity contribution in [2.75, 3.05) is 35.0 Å². The summed E-state index contributed by atoms with van der Waals surface area (Å²) in [5.74, 6) is 0. The van der Waals surface area contributed by atoms with Gasteiger partial charge in [0.1, 0.15) is 6.10 Å². The van der Waals surface area contributed by atoms with Crippen molar-refractivity contribution in [3.8, 4) is 0 Å². The Labute approximate surface area is 90.6 Å². The SMILES string of the molecule is COC[C@H]1O[CH+][C@H](OC)[C@@H](OC)[C@@H]1OC. The lowest BCUT2D eigenvalue weighted by Gasteiger charge is -2.34. The van der Waals surface area contributed by atoms with Crippen LogP contribution in [0.5, 0.6) is 0 Å². The average molecular weight is 219 g/mol. The quantitative estimate of drug-likeness (QED) is 0.620. The van der Waals surface area contributed by atoms with Crippen LogP contribution in [0.1, 0.15) is 0 Å². The van der Waals surface area contributed by atoms with Gasteiger partial charge in [-0.15, -0.1) is 0 Å². The highest BCUT2D eigenvalue weighted by atomic mass is 16.6. The van der Waals surface area contributed by atoms with Gasteiger partial charge in [0, 0.05) is 28.4 Å². The summed E-state index contributed by atoms with van der Waals surface area (Å²) in [6.07, 6.45) is -0.733. The van der Waals surface area contributed by atoms with Gasteiger partial charge in [-0.2, -0.15) is 4.74 Å². The molecular weight excluding hydrogens is 200 g/mol. The van der Waals surface area contributed by atoms with E-state index in [1.807, 2.05) is 0 Å². The monoisotopic (exact) mass is 219 g/mol. The normalized spacial score (nSPS) is 36.3. The molecule has 1 aliphatic rings. The second-order valence-corrected chi connectivity index (χ2v) is 3.37. The Bertz CT molecular complexity index is 175. The van der Waals surface area contributed by atoms with Crippen molar-refractivity contribution in [1.29, 1.82) is 0 Å². The third-order valence-corrected chi connectivity index (χ3v) is 2.55. The summed E-state index contributed by atoms with van der Waals surface area (Å²) in [4.78, 5) is 0. The molecular formula is C10H19O5+. The van der Waals surface area contributed by atoms with Gasteiger partial charge in [0.25, 0.3) is 12.7 Å². The highest BCUT2D eigenvalue weighted by molar-refractivity contribution is 4.94. The van der Waals surface area contributed by atoms with E-state index in [-0.39, 0.29) is 24.4 Å². The molecule has 0 N–H and O–H groups in total. The van der Waals surface area contributed by atoms with Crippen LogP contribution in [0.2, 0.25) is 0 Å². The first-order valence-electron chi connectivity index (χ1n) is 4.84. The Morgan fingerprint density at radius 1 is 1.00 bits per heavy atom. The van der Waals surface area contributed by atoms with E-state index in [1.54, 1.807) is 35.0 Å². The van der Waals surface area contributed by atoms with Crippen molar-refractivity contribution >= 4 is 0 Å². The predicted octanol–water partition coefficient (Wildman–Crippen LogP) is 0.238. The Morgan fingerprint density at radius 2 is 1.67 bits per heavy atom. The molecule has 0 bridgehead atoms. The second-order valence-electron chi connectivity index (χ2n) is 3.37. The Balaban J connectivity index is 2.65. The molecule has 0 aromatic rings. The standard InChI is InChI=1S/C10H19O5/c1-11-5-8-10(14-4)9(13-3)7(12-2)6-15-8/h6-10H,5H2,1-4H3/q+1/t7-,8+,9+,10+/m0/s1. The molecule has 0 spiro atoms. The highest BCUT2D eigenvalue weighted by Gasteiger charge is 2.48. The lowest BCUT2D eigenvalue weighted by molar-refractivity contribution is -0.197. The molecule has 1 saturated heterocycles. The first-order valence-corrected chi connectivity index (χ1v) is 4.84. The van der Waals surface area contributed by atoms with Crippen LogP contribution >= 0.6 is 0 Å². The van der Waals surface area contributed by atoms with Crippen molar-refractivity contribution in [3.05, 3.63) is 6.61 Å². The first-order chi connectivity index (χ1) is 7.28. The van der Waals surface area contributed by atoms with Crippen LogP contribution < -0.4 is 0 Å². The van der Waals surface area contributed by atoms with Crippen molar-refractivity contribution in [2.24, 2.45) is 0 Å². The van der Waals surface area contributed by atoms with Gasteiger partial charge in [-0.3, -0.25) is 0 Å². The Hall–Kier alpha value is -0.330. The molecule has 0 aromatic heterocycles. The van der Waals surface area contributed by atoms with Crippen LogP contribution in [0.25, 0.3) is 0 Å². The largest absolute Gasteiger partial charge is 0.382 e. The molecule has 5 heteroatoms. The molecule has 0 aromatic carbocycles. The van der Waals surface area contributed by atoms with Gasteiger partial charge < -0.3 is 18.9 Å². The maximum Gasteiger partial charge on any atom is 0.261 e. The van der Waals surface area contributed by atoms with Crippen LogP contribution in [-0.4, -0.2) is 59.5 Å². The maximum absolute atomic E-state index is 5.48. The Morgan fingerprint density at radius 3 is 2.13 bits per heavy atom. The van der Waals surface area contributed by atoms with Gasteiger partial charge >= 0.3 is 0 Å². The van der Waals surface area contributed by atoms with Gasteiger partial charge in [0.15, 0.2) is 12.2 Å². The summed E-state index contributed by atoms with van der Waals surface area (Å²) in [7, 11) is 6.49. The van der Waals surface area contributed by atoms with Crippen molar-refractivity contribution in [3.63, 3.8) is 0 Å². The molecule has 1 heterocycles. The summed E-state index contributed by atoms with van der Waals surface area (Å²) in [5, 5.41) is 0. The number of ether oxygens (including phenoxy) is 5. The van der Waals surface area contributed by atoms with E-state index in [0.717, 1.165) is 0 Å². The molecule has 0 radical (unpaired) electrons. The minimum atomic E-state index is -0.215. The van der Waals surface area contributed by atoms with E-state index in [4.69, 9.17) is 23.7 Å². The first kappa shape index (κ1) is 12.7. The summed E-state index contributed by atoms with van der Waals surface area (Å²) < 4.78 is 26.5. The number of hydrogen-bond donors (Lipinski definition) is 0. The molecule has 88 valence electrons. The second kappa shape index (κ2) is 6.30. The molecule has 1 fully saturated rings. The van der Waals surface area contributed by atoms with E-state index in [1.165, 1.54) is 0 Å². The molecule has 15 heavy (non-hydrogen) atoms. The van der Waals surface area contributed by atoms with Crippen LogP contribution in [-0.2, 0) is 23.7 Å². The van der Waals surface area contributed by atoms with E-state index >= 15 is 0 Å². The fourth-order valence-electron chi connectivity index (χ4n) is 1.77. The average Bonchev–Trinajstić information content (AvgIpc) is 2.28. The minimum Gasteiger partial charge on any atom is -0.382 e. The van der Waals surface area contributed by atoms with E-state index < -0.39 is 0 Å². The molecule has 0 aliphatic carbocycles. The molecule has 0 saturated carbocycles. The zero-order valence-electron chi connectivity index (χ0n) is 9.64. The third-order valence-electron chi connectivity index (χ3n) is 2.55. The minimum absolute atomic E-state index is 0.156. The van der Waals surface area contributed by atoms with Crippen LogP contribution in [0.3, 0.4) is 0 Å². The molecule has 4 atom stereocenters. The Kier molecular flexibility index (Phi) is 5.35. The fourth-order valence-corrected chi connectivity index (χ4v) is 1.77. The maximum atomic E-state index is 5.48. The van der Waals surface area contributed by atoms with Crippen LogP contribution in [0.4, 0.5) is 0 Å². The number of methoxy groups -OCH3 is 4. The van der Waals surface area contributed by atoms with E-state index in [9.17, 15) is 0 Å². The molecule has 0 amide bonds. The van der Waals surface area contributed by atoms with Crippen LogP contribution in [0.15, 0.2) is 0 Å². The highest BCUT2D eigenvalue weighted by Crippen LogP contribution is 2.24. The van der Waals surface area contributed by atoms with E-state index in [0.29, 0.717) is 6.61 Å². The van der Waals surface area contributed by atoms with E-state index in [2.05, 4.69) is 0 Å². The molecule has 0 unspecified atom stereocenters. The summed E-state index contributed by atoms with van der Waals surface area (Å²) in [5.41, 5.74) is 0. The fraction of sp³-hybridized carbons (Fsp3) is 0.900. The van der Waals surface area contributed by atoms with Gasteiger partial charge in [-0.05, 0) is 0 Å². The van der Waals surface area contributed by atoms with Crippen molar-refractivity contribution in [2.45, 2.75) is 24.4 Å².